The van der Waals surface area contributed by atoms with Gasteiger partial charge < -0.3 is 108 Å². The van der Waals surface area contributed by atoms with Crippen molar-refractivity contribution >= 4 is 127 Å². The van der Waals surface area contributed by atoms with Crippen LogP contribution in [0.25, 0.3) is 0 Å². The number of fused-ring (bicyclic) bond motifs is 1. The van der Waals surface area contributed by atoms with Crippen molar-refractivity contribution < 1.29 is 101 Å². The molecule has 0 bridgehead atoms. The van der Waals surface area contributed by atoms with E-state index in [9.17, 15) is 33.9 Å². The van der Waals surface area contributed by atoms with Crippen LogP contribution in [-0.2, 0) is 111 Å². The lowest BCUT2D eigenvalue weighted by molar-refractivity contribution is -0.155. The number of carbonyl (C=O) groups excluding carboxylic acids is 14. The van der Waals surface area contributed by atoms with E-state index in [1.54, 1.807) is 131 Å². The Kier molecular flexibility index (Phi) is 45.4. The summed E-state index contributed by atoms with van der Waals surface area (Å²) in [4.78, 5) is 213. The third-order valence-electron chi connectivity index (χ3n) is 22.8. The number of phenols is 1. The number of halogens is 1. The number of carbonyl (C=O) groups is 14. The molecule has 2 aliphatic heterocycles. The molecule has 6 aromatic carbocycles. The number of ether oxygens (including phenoxy) is 6. The molecule has 2 aliphatic rings. The van der Waals surface area contributed by atoms with Gasteiger partial charge in [-0.3, -0.25) is 67.1 Å². The fraction of sp³-hybridized carbons (Fsp3) is 0.524. The highest BCUT2D eigenvalue weighted by Crippen LogP contribution is 2.38. The van der Waals surface area contributed by atoms with Gasteiger partial charge in [0.1, 0.15) is 107 Å². The molecule has 15 N–H and O–H groups in total. The van der Waals surface area contributed by atoms with E-state index < -0.39 is 221 Å². The molecule has 38 heteroatoms. The molecule has 35 nitrogen and oxygen atoms in total. The zero-order valence-corrected chi connectivity index (χ0v) is 88.8. The maximum Gasteiger partial charge on any atom is 0.306 e. The molecule has 2 fully saturated rings. The number of hydrogen-bond donors (Lipinski definition) is 14. The Bertz CT molecular complexity index is 5140. The standard InChI is InChI=1S/C105H145IN14O21S2/c1-18-65(5)90(99(134)113-76(91(126)108-19-2)44-47-86(122)119-105(69-29-23-20-24-30-69,70-31-25-21-26-32-70)71-33-27-22-28-34-71)118-96(131)81(56-67-37-42-73(43-38-67)139-102(9,10)11)114-97(132)82-62-142-143-63-83(117-93(128)77(45-48-89(125)141-104(15,16)17)112-95(130)80(111-88(124)61-137-52-51-136-50-49-107)55-66-35-40-72(41-36-66)138-101(6,7)8)100(135)120-60-74(140-103(12,13)14)58-84(120)98(133)115-79(57-68-39-46-85(121)75(106)54-68)92(127)109-59-87(123)110-78(53-64(3)4)94(129)116-82/h20-43,46,54,64-65,74,76-84,90,121H,18-19,44-45,47-53,55-63,107H2,1-17H3,(H,108,126)(H,109,127)(H,110,123)(H,111,124)(H,112,130)(H,113,134)(H,114,132)(H,115,133)(H,116,129)(H,117,128)(H,118,131)(H,119,122)/t65?,74-,76+,77-,78+,79+,80+,81+,82+,83+,84+,90+/m1/s1. The van der Waals surface area contributed by atoms with Gasteiger partial charge in [0.2, 0.25) is 76.8 Å². The molecule has 2 saturated heterocycles. The molecule has 8 rings (SSSR count). The van der Waals surface area contributed by atoms with Gasteiger partial charge >= 0.3 is 5.97 Å². The van der Waals surface area contributed by atoms with E-state index in [4.69, 9.17) is 34.2 Å². The second kappa shape index (κ2) is 55.6. The summed E-state index contributed by atoms with van der Waals surface area (Å²) >= 11 is 1.90. The molecule has 13 amide bonds. The minimum atomic E-state index is -1.74. The summed E-state index contributed by atoms with van der Waals surface area (Å²) in [5.41, 5.74) is 4.91. The lowest BCUT2D eigenvalue weighted by atomic mass is 9.77. The predicted octanol–water partition coefficient (Wildman–Crippen LogP) is 8.27. The Morgan fingerprint density at radius 3 is 1.61 bits per heavy atom. The van der Waals surface area contributed by atoms with Gasteiger partial charge in [0.25, 0.3) is 0 Å². The fourth-order valence-electron chi connectivity index (χ4n) is 16.1. The number of aromatic hydroxyl groups is 1. The lowest BCUT2D eigenvalue weighted by Crippen LogP contribution is -2.61. The zero-order valence-electron chi connectivity index (χ0n) is 85.0. The summed E-state index contributed by atoms with van der Waals surface area (Å²) < 4.78 is 35.9. The van der Waals surface area contributed by atoms with Gasteiger partial charge in [-0.25, -0.2) is 0 Å². The van der Waals surface area contributed by atoms with E-state index in [0.717, 1.165) is 38.3 Å². The second-order valence-electron chi connectivity index (χ2n) is 40.0. The monoisotopic (exact) mass is 2130 g/mol. The number of nitrogens with zero attached hydrogens (tertiary/aromatic N) is 1. The van der Waals surface area contributed by atoms with Crippen molar-refractivity contribution in [2.75, 3.05) is 64.1 Å². The van der Waals surface area contributed by atoms with Crippen LogP contribution in [-0.4, -0.2) is 246 Å². The van der Waals surface area contributed by atoms with E-state index in [2.05, 4.69) is 63.8 Å². The fourth-order valence-corrected chi connectivity index (χ4v) is 19.0. The van der Waals surface area contributed by atoms with Gasteiger partial charge in [-0.2, -0.15) is 0 Å². The van der Waals surface area contributed by atoms with Crippen LogP contribution in [0.3, 0.4) is 0 Å². The Labute approximate surface area is 860 Å². The minimum Gasteiger partial charge on any atom is -0.507 e. The van der Waals surface area contributed by atoms with Crippen LogP contribution >= 0.6 is 44.2 Å². The molecule has 1 unspecified atom stereocenters. The van der Waals surface area contributed by atoms with Gasteiger partial charge in [-0.05, 0) is 213 Å². The first-order valence-electron chi connectivity index (χ1n) is 48.6. The molecule has 0 spiro atoms. The van der Waals surface area contributed by atoms with Gasteiger partial charge in [0.05, 0.1) is 41.6 Å². The van der Waals surface area contributed by atoms with E-state index in [1.807, 2.05) is 155 Å². The summed E-state index contributed by atoms with van der Waals surface area (Å²) in [6.07, 6.45) is -3.00. The van der Waals surface area contributed by atoms with Crippen molar-refractivity contribution in [3.63, 3.8) is 0 Å². The van der Waals surface area contributed by atoms with Gasteiger partial charge in [0, 0.05) is 69.7 Å². The highest BCUT2D eigenvalue weighted by atomic mass is 127. The van der Waals surface area contributed by atoms with Crippen molar-refractivity contribution in [3.05, 3.63) is 195 Å². The van der Waals surface area contributed by atoms with Crippen LogP contribution in [0.1, 0.15) is 196 Å². The normalized spacial score (nSPS) is 18.4. The molecule has 0 aliphatic carbocycles. The van der Waals surface area contributed by atoms with Crippen molar-refractivity contribution in [2.45, 2.75) is 276 Å². The molecule has 143 heavy (non-hydrogen) atoms. The summed E-state index contributed by atoms with van der Waals surface area (Å²) in [6.45, 7) is 29.3. The number of esters is 1. The van der Waals surface area contributed by atoms with Crippen molar-refractivity contribution in [1.29, 1.82) is 0 Å². The van der Waals surface area contributed by atoms with E-state index in [0.29, 0.717) is 31.8 Å². The third kappa shape index (κ3) is 38.9. The highest BCUT2D eigenvalue weighted by Gasteiger charge is 2.47. The topological polar surface area (TPSA) is 488 Å². The average Bonchev–Trinajstić information content (AvgIpc) is 1.25. The van der Waals surface area contributed by atoms with E-state index in [1.165, 1.54) is 17.0 Å². The lowest BCUT2D eigenvalue weighted by Gasteiger charge is -2.37. The third-order valence-corrected chi connectivity index (χ3v) is 26.1. The van der Waals surface area contributed by atoms with Crippen LogP contribution in [0.5, 0.6) is 17.2 Å². The second-order valence-corrected chi connectivity index (χ2v) is 43.7. The summed E-state index contributed by atoms with van der Waals surface area (Å²) in [5.74, 6) is -12.7. The zero-order chi connectivity index (χ0) is 105. The predicted molar refractivity (Wildman–Crippen MR) is 556 cm³/mol. The average molecular weight is 2130 g/mol. The Balaban J connectivity index is 1.20. The summed E-state index contributed by atoms with van der Waals surface area (Å²) in [7, 11) is 1.81. The maximum atomic E-state index is 16.3. The first-order chi connectivity index (χ1) is 67.5. The van der Waals surface area contributed by atoms with Crippen LogP contribution in [0, 0.1) is 15.4 Å². The molecule has 2 heterocycles. The number of nitrogens with one attached hydrogen (secondary N) is 12. The molecular weight excluding hydrogens is 1980 g/mol. The van der Waals surface area contributed by atoms with Gasteiger partial charge in [0.15, 0.2) is 0 Å². The smallest absolute Gasteiger partial charge is 0.306 e. The molecule has 0 radical (unpaired) electrons. The Morgan fingerprint density at radius 2 is 1.08 bits per heavy atom. The molecule has 0 saturated carbocycles. The Morgan fingerprint density at radius 1 is 0.545 bits per heavy atom. The number of phenolic OH excluding ortho intramolecular Hbond substituents is 1. The largest absolute Gasteiger partial charge is 0.507 e. The van der Waals surface area contributed by atoms with Crippen LogP contribution < -0.4 is 79.0 Å². The number of rotatable bonds is 43. The van der Waals surface area contributed by atoms with Crippen molar-refractivity contribution in [2.24, 2.45) is 17.6 Å². The molecular formula is C105H145IN14O21S2. The van der Waals surface area contributed by atoms with Crippen LogP contribution in [0.4, 0.5) is 0 Å². The van der Waals surface area contributed by atoms with Crippen LogP contribution in [0.15, 0.2) is 158 Å². The number of nitrogens with two attached hydrogens (primary N) is 1. The molecule has 12 atom stereocenters. The number of likely N-dealkylation sites (N-methyl/N-ethyl adjacent to an activating group) is 1. The minimum absolute atomic E-state index is 0.0145. The number of amides is 13. The highest BCUT2D eigenvalue weighted by molar-refractivity contribution is 14.1. The Hall–Kier alpha value is -11.4. The SMILES string of the molecule is CCNC(=O)[C@H](CCC(=O)NC(c1ccccc1)(c1ccccc1)c1ccccc1)NC(=O)[C@@H](NC(=O)[C@H](Cc1ccc(OC(C)(C)C)cc1)NC(=O)[C@@H]1CSSC[C@H](NC(=O)[C@@H](CCC(=O)OC(C)(C)C)NC(=O)[C@H](Cc2ccc(OC(C)(C)C)cc2)NC(=O)COCCOCCN)C(=O)N2C[C@H](OC(C)(C)C)C[C@H]2C(=O)N[C@@H](Cc2ccc(O)c(I)c2)C(=O)NCC(=O)N[C@@H](CC(C)C)C(=O)N1)C(C)CC. The van der Waals surface area contributed by atoms with Crippen molar-refractivity contribution in [3.8, 4) is 17.2 Å². The van der Waals surface area contributed by atoms with Gasteiger partial charge in [-0.15, -0.1) is 0 Å². The molecule has 6 aromatic rings. The molecule has 0 aromatic heterocycles. The summed E-state index contributed by atoms with van der Waals surface area (Å²) in [6, 6.07) is 30.9. The van der Waals surface area contributed by atoms with Crippen molar-refractivity contribution in [1.82, 2.24) is 68.7 Å². The maximum absolute atomic E-state index is 16.3. The number of benzene rings is 6. The first kappa shape index (κ1) is 117. The van der Waals surface area contributed by atoms with Gasteiger partial charge in [-0.1, -0.05) is 177 Å². The van der Waals surface area contributed by atoms with E-state index >= 15 is 38.4 Å². The molecule has 780 valence electrons. The number of hydrogen-bond acceptors (Lipinski definition) is 24. The first-order valence-corrected chi connectivity index (χ1v) is 52.2. The quantitative estimate of drug-likeness (QED) is 0.00563. The van der Waals surface area contributed by atoms with Crippen LogP contribution in [0.2, 0.25) is 0 Å². The van der Waals surface area contributed by atoms with E-state index in [-0.39, 0.29) is 102 Å². The summed E-state index contributed by atoms with van der Waals surface area (Å²) in [5, 5.41) is 44.7.